The minimum absolute atomic E-state index is 0.0160. The van der Waals surface area contributed by atoms with Crippen LogP contribution in [-0.2, 0) is 11.3 Å². The summed E-state index contributed by atoms with van der Waals surface area (Å²) < 4.78 is 8.57. The molecule has 1 aromatic rings. The Morgan fingerprint density at radius 2 is 2.08 bits per heavy atom. The van der Waals surface area contributed by atoms with Gasteiger partial charge in [0.05, 0.1) is 17.4 Å². The molecule has 1 atom stereocenters. The van der Waals surface area contributed by atoms with E-state index in [1.54, 1.807) is 35.0 Å². The normalized spacial score (nSPS) is 17.2. The maximum absolute atomic E-state index is 12.8. The molecule has 0 radical (unpaired) electrons. The average Bonchev–Trinajstić information content (AvgIpc) is 3.24. The van der Waals surface area contributed by atoms with Gasteiger partial charge in [0.1, 0.15) is 11.3 Å². The molecule has 4 rings (SSSR count). The van der Waals surface area contributed by atoms with Crippen molar-refractivity contribution in [3.05, 3.63) is 58.6 Å². The van der Waals surface area contributed by atoms with E-state index in [4.69, 9.17) is 4.74 Å². The lowest BCUT2D eigenvalue weighted by molar-refractivity contribution is 0.0694. The van der Waals surface area contributed by atoms with Crippen molar-refractivity contribution < 1.29 is 14.6 Å². The molecule has 25 heavy (non-hydrogen) atoms. The van der Waals surface area contributed by atoms with Crippen LogP contribution in [-0.4, -0.2) is 38.1 Å². The van der Waals surface area contributed by atoms with Crippen LogP contribution >= 0.6 is 0 Å². The fourth-order valence-electron chi connectivity index (χ4n) is 3.19. The molecule has 7 nitrogen and oxygen atoms in total. The summed E-state index contributed by atoms with van der Waals surface area (Å²) in [6, 6.07) is 8.96. The molecule has 3 heterocycles. The van der Waals surface area contributed by atoms with E-state index in [-0.39, 0.29) is 22.9 Å². The SMILES string of the molecule is O=C(O)c1cn(C[C@@H]2CCCO2)cc2c(=O)n(-c3ccccc3)nc1-2. The van der Waals surface area contributed by atoms with Crippen molar-refractivity contribution in [1.29, 1.82) is 0 Å². The molecule has 7 heteroatoms. The first-order valence-corrected chi connectivity index (χ1v) is 8.16. The number of aromatic carboxylic acids is 1. The third kappa shape index (κ3) is 2.83. The summed E-state index contributed by atoms with van der Waals surface area (Å²) >= 11 is 0. The minimum Gasteiger partial charge on any atom is -0.478 e. The van der Waals surface area contributed by atoms with Gasteiger partial charge in [0.2, 0.25) is 0 Å². The van der Waals surface area contributed by atoms with Crippen LogP contribution in [0.1, 0.15) is 23.2 Å². The van der Waals surface area contributed by atoms with E-state index in [0.29, 0.717) is 17.8 Å². The maximum Gasteiger partial charge on any atom is 0.339 e. The van der Waals surface area contributed by atoms with Gasteiger partial charge in [0, 0.05) is 25.5 Å². The zero-order valence-electron chi connectivity index (χ0n) is 13.5. The molecule has 3 aliphatic rings. The van der Waals surface area contributed by atoms with Crippen molar-refractivity contribution in [2.45, 2.75) is 25.5 Å². The fraction of sp³-hybridized carbons (Fsp3) is 0.278. The molecule has 0 bridgehead atoms. The molecule has 1 saturated heterocycles. The van der Waals surface area contributed by atoms with Crippen LogP contribution in [0.3, 0.4) is 0 Å². The monoisotopic (exact) mass is 339 g/mol. The molecular formula is C18H17N3O4. The second kappa shape index (κ2) is 6.18. The van der Waals surface area contributed by atoms with Gasteiger partial charge in [-0.05, 0) is 25.0 Å². The molecular weight excluding hydrogens is 322 g/mol. The number of ether oxygens (including phenoxy) is 1. The first-order chi connectivity index (χ1) is 12.1. The molecule has 0 amide bonds. The molecule has 1 N–H and O–H groups in total. The number of carbonyl (C=O) groups is 1. The van der Waals surface area contributed by atoms with Crippen molar-refractivity contribution in [3.8, 4) is 16.9 Å². The standard InChI is InChI=1S/C18H17N3O4/c22-17-14-10-20(9-13-7-4-8-25-13)11-15(18(23)24)16(14)19-21(17)12-5-2-1-3-6-12/h1-3,5-6,10-11,13H,4,7-9H2,(H,23,24)/t13-/m0/s1. The van der Waals surface area contributed by atoms with E-state index >= 15 is 0 Å². The highest BCUT2D eigenvalue weighted by atomic mass is 16.5. The molecule has 1 aromatic carbocycles. The van der Waals surface area contributed by atoms with Crippen LogP contribution in [0.2, 0.25) is 0 Å². The van der Waals surface area contributed by atoms with Gasteiger partial charge >= 0.3 is 5.97 Å². The summed E-state index contributed by atoms with van der Waals surface area (Å²) in [5.74, 6) is -1.11. The van der Waals surface area contributed by atoms with E-state index < -0.39 is 5.97 Å². The number of pyridine rings is 1. The molecule has 0 spiro atoms. The Morgan fingerprint density at radius 3 is 2.76 bits per heavy atom. The van der Waals surface area contributed by atoms with Gasteiger partial charge in [-0.1, -0.05) is 18.2 Å². The summed E-state index contributed by atoms with van der Waals surface area (Å²) in [7, 11) is 0. The van der Waals surface area contributed by atoms with Gasteiger partial charge in [-0.25, -0.2) is 4.79 Å². The third-order valence-corrected chi connectivity index (χ3v) is 4.39. The van der Waals surface area contributed by atoms with E-state index in [2.05, 4.69) is 5.10 Å². The molecule has 0 aliphatic carbocycles. The van der Waals surface area contributed by atoms with Crippen LogP contribution in [0.15, 0.2) is 47.5 Å². The Labute approximate surface area is 143 Å². The highest BCUT2D eigenvalue weighted by Crippen LogP contribution is 2.23. The number of carboxylic acid groups (broad SMARTS) is 1. The number of aromatic nitrogens is 3. The predicted octanol–water partition coefficient (Wildman–Crippen LogP) is 2.02. The Balaban J connectivity index is 1.85. The molecule has 0 unspecified atom stereocenters. The maximum atomic E-state index is 12.8. The van der Waals surface area contributed by atoms with Crippen molar-refractivity contribution in [2.75, 3.05) is 6.61 Å². The van der Waals surface area contributed by atoms with Gasteiger partial charge in [-0.3, -0.25) is 4.79 Å². The van der Waals surface area contributed by atoms with Crippen LogP contribution in [0.5, 0.6) is 0 Å². The number of hydrogen-bond donors (Lipinski definition) is 1. The van der Waals surface area contributed by atoms with Gasteiger partial charge in [0.25, 0.3) is 5.56 Å². The average molecular weight is 339 g/mol. The van der Waals surface area contributed by atoms with E-state index in [1.807, 2.05) is 6.07 Å². The summed E-state index contributed by atoms with van der Waals surface area (Å²) in [6.07, 6.45) is 5.16. The lowest BCUT2D eigenvalue weighted by Gasteiger charge is -2.14. The first-order valence-electron chi connectivity index (χ1n) is 8.16. The van der Waals surface area contributed by atoms with Crippen molar-refractivity contribution >= 4 is 5.97 Å². The Bertz CT molecular complexity index is 939. The van der Waals surface area contributed by atoms with Crippen molar-refractivity contribution in [2.24, 2.45) is 0 Å². The van der Waals surface area contributed by atoms with Crippen molar-refractivity contribution in [1.82, 2.24) is 14.3 Å². The van der Waals surface area contributed by atoms with E-state index in [9.17, 15) is 14.7 Å². The minimum atomic E-state index is -1.11. The summed E-state index contributed by atoms with van der Waals surface area (Å²) in [5.41, 5.74) is 0.782. The third-order valence-electron chi connectivity index (χ3n) is 4.39. The van der Waals surface area contributed by atoms with Crippen LogP contribution < -0.4 is 5.56 Å². The lowest BCUT2D eigenvalue weighted by atomic mass is 10.1. The molecule has 0 saturated carbocycles. The fourth-order valence-corrected chi connectivity index (χ4v) is 3.19. The van der Waals surface area contributed by atoms with E-state index in [1.165, 1.54) is 10.9 Å². The number of benzene rings is 1. The summed E-state index contributed by atoms with van der Waals surface area (Å²) in [5, 5.41) is 13.8. The molecule has 1 fully saturated rings. The second-order valence-corrected chi connectivity index (χ2v) is 6.12. The number of fused-ring (bicyclic) bond motifs is 1. The number of nitrogens with zero attached hydrogens (tertiary/aromatic N) is 3. The number of para-hydroxylation sites is 1. The second-order valence-electron chi connectivity index (χ2n) is 6.12. The number of rotatable bonds is 4. The van der Waals surface area contributed by atoms with Gasteiger partial charge in [0.15, 0.2) is 0 Å². The quantitative estimate of drug-likeness (QED) is 0.786. The van der Waals surface area contributed by atoms with Crippen molar-refractivity contribution in [3.63, 3.8) is 0 Å². The first kappa shape index (κ1) is 15.6. The number of hydrogen-bond acceptors (Lipinski definition) is 4. The highest BCUT2D eigenvalue weighted by molar-refractivity contribution is 5.94. The molecule has 128 valence electrons. The smallest absolute Gasteiger partial charge is 0.339 e. The van der Waals surface area contributed by atoms with Crippen LogP contribution in [0.4, 0.5) is 0 Å². The highest BCUT2D eigenvalue weighted by Gasteiger charge is 2.25. The van der Waals surface area contributed by atoms with Gasteiger partial charge < -0.3 is 14.4 Å². The van der Waals surface area contributed by atoms with Gasteiger partial charge in [-0.15, -0.1) is 0 Å². The van der Waals surface area contributed by atoms with Crippen LogP contribution in [0.25, 0.3) is 16.9 Å². The topological polar surface area (TPSA) is 86.4 Å². The lowest BCUT2D eigenvalue weighted by Crippen LogP contribution is -2.19. The van der Waals surface area contributed by atoms with Gasteiger partial charge in [-0.2, -0.15) is 9.78 Å². The zero-order valence-corrected chi connectivity index (χ0v) is 13.5. The Kier molecular flexibility index (Phi) is 3.85. The summed E-state index contributed by atoms with van der Waals surface area (Å²) in [4.78, 5) is 24.4. The largest absolute Gasteiger partial charge is 0.478 e. The predicted molar refractivity (Wildman–Crippen MR) is 90.4 cm³/mol. The zero-order chi connectivity index (χ0) is 17.4. The summed E-state index contributed by atoms with van der Waals surface area (Å²) in [6.45, 7) is 1.24. The molecule has 0 aromatic heterocycles. The van der Waals surface area contributed by atoms with E-state index in [0.717, 1.165) is 19.4 Å². The van der Waals surface area contributed by atoms with Crippen LogP contribution in [0, 0.1) is 0 Å². The molecule has 3 aliphatic heterocycles. The Morgan fingerprint density at radius 1 is 1.28 bits per heavy atom. The Hall–Kier alpha value is -2.93. The number of carboxylic acids is 1.